The van der Waals surface area contributed by atoms with E-state index in [1.54, 1.807) is 39.1 Å². The molecule has 0 bridgehead atoms. The van der Waals surface area contributed by atoms with E-state index in [0.717, 1.165) is 26.6 Å². The first-order chi connectivity index (χ1) is 19.7. The molecule has 2 atom stereocenters. The average Bonchev–Trinajstić information content (AvgIpc) is 3.60. The SMILES string of the molecule is CC(C)(C)OC(=O)N1Cc2cc(CNC(=O)[C@@H]3CCc4cnc(N[C@@H](c5ccc(F)cc5)C(C)(C)C)c(=O)n43)sc2C1. The molecular formula is C31H38FN5O4S. The summed E-state index contributed by atoms with van der Waals surface area (Å²) in [7, 11) is 0. The molecule has 0 unspecified atom stereocenters. The number of aryl methyl sites for hydroxylation is 1. The van der Waals surface area contributed by atoms with Gasteiger partial charge in [0.25, 0.3) is 5.56 Å². The Hall–Kier alpha value is -3.73. The number of carbonyl (C=O) groups excluding carboxylic acids is 2. The number of nitrogens with one attached hydrogen (secondary N) is 2. The molecule has 1 aromatic carbocycles. The summed E-state index contributed by atoms with van der Waals surface area (Å²) in [6, 6.07) is 7.29. The molecule has 0 fully saturated rings. The van der Waals surface area contributed by atoms with E-state index in [9.17, 15) is 18.8 Å². The smallest absolute Gasteiger partial charge is 0.410 e. The zero-order valence-electron chi connectivity index (χ0n) is 24.9. The molecule has 0 saturated heterocycles. The van der Waals surface area contributed by atoms with Crippen LogP contribution in [0.3, 0.4) is 0 Å². The molecule has 224 valence electrons. The van der Waals surface area contributed by atoms with Crippen LogP contribution in [-0.2, 0) is 35.6 Å². The largest absolute Gasteiger partial charge is 0.444 e. The van der Waals surface area contributed by atoms with Crippen LogP contribution in [0.25, 0.3) is 0 Å². The lowest BCUT2D eigenvalue weighted by atomic mass is 9.82. The molecule has 11 heteroatoms. The Morgan fingerprint density at radius 1 is 1.14 bits per heavy atom. The van der Waals surface area contributed by atoms with Crippen molar-refractivity contribution in [3.8, 4) is 0 Å². The van der Waals surface area contributed by atoms with Gasteiger partial charge in [0, 0.05) is 21.6 Å². The molecule has 3 aromatic rings. The number of aromatic nitrogens is 2. The van der Waals surface area contributed by atoms with E-state index >= 15 is 0 Å². The van der Waals surface area contributed by atoms with Gasteiger partial charge >= 0.3 is 6.09 Å². The monoisotopic (exact) mass is 595 g/mol. The summed E-state index contributed by atoms with van der Waals surface area (Å²) in [6.07, 6.45) is 2.41. The van der Waals surface area contributed by atoms with Crippen molar-refractivity contribution in [3.63, 3.8) is 0 Å². The molecule has 5 rings (SSSR count). The molecule has 42 heavy (non-hydrogen) atoms. The lowest BCUT2D eigenvalue weighted by Gasteiger charge is -2.32. The average molecular weight is 596 g/mol. The minimum absolute atomic E-state index is 0.159. The fraction of sp³-hybridized carbons (Fsp3) is 0.484. The van der Waals surface area contributed by atoms with Crippen LogP contribution < -0.4 is 16.2 Å². The second-order valence-corrected chi connectivity index (χ2v) is 14.3. The summed E-state index contributed by atoms with van der Waals surface area (Å²) in [4.78, 5) is 47.5. The van der Waals surface area contributed by atoms with Gasteiger partial charge in [0.1, 0.15) is 17.5 Å². The van der Waals surface area contributed by atoms with E-state index in [2.05, 4.69) is 15.6 Å². The number of benzene rings is 1. The number of halogens is 1. The highest BCUT2D eigenvalue weighted by molar-refractivity contribution is 7.12. The van der Waals surface area contributed by atoms with Crippen LogP contribution in [0, 0.1) is 11.2 Å². The lowest BCUT2D eigenvalue weighted by Crippen LogP contribution is -2.37. The first kappa shape index (κ1) is 29.8. The number of hydrogen-bond donors (Lipinski definition) is 2. The molecule has 0 aliphatic carbocycles. The molecule has 2 amide bonds. The van der Waals surface area contributed by atoms with Crippen LogP contribution in [0.15, 0.2) is 41.3 Å². The van der Waals surface area contributed by atoms with Gasteiger partial charge in [-0.3, -0.25) is 19.1 Å². The maximum absolute atomic E-state index is 13.6. The normalized spacial score (nSPS) is 17.0. The van der Waals surface area contributed by atoms with Crippen LogP contribution in [0.5, 0.6) is 0 Å². The predicted molar refractivity (Wildman–Crippen MR) is 160 cm³/mol. The molecule has 0 radical (unpaired) electrons. The molecule has 0 saturated carbocycles. The summed E-state index contributed by atoms with van der Waals surface area (Å²) in [6.45, 7) is 13.0. The minimum Gasteiger partial charge on any atom is -0.444 e. The summed E-state index contributed by atoms with van der Waals surface area (Å²) >= 11 is 1.57. The minimum atomic E-state index is -0.635. The van der Waals surface area contributed by atoms with Crippen LogP contribution in [0.2, 0.25) is 0 Å². The summed E-state index contributed by atoms with van der Waals surface area (Å²) < 4.78 is 20.6. The molecule has 2 N–H and O–H groups in total. The van der Waals surface area contributed by atoms with Gasteiger partial charge in [-0.05, 0) is 68.4 Å². The summed E-state index contributed by atoms with van der Waals surface area (Å²) in [5.74, 6) is -0.388. The Morgan fingerprint density at radius 2 is 1.86 bits per heavy atom. The molecule has 0 spiro atoms. The third-order valence-corrected chi connectivity index (χ3v) is 8.61. The van der Waals surface area contributed by atoms with Gasteiger partial charge in [0.2, 0.25) is 5.91 Å². The Kier molecular flexibility index (Phi) is 7.91. The van der Waals surface area contributed by atoms with Crippen LogP contribution in [0.4, 0.5) is 15.0 Å². The van der Waals surface area contributed by atoms with Gasteiger partial charge in [-0.1, -0.05) is 32.9 Å². The standard InChI is InChI=1S/C31H38FN5O4S/c1-30(2,3)25(18-7-9-20(32)10-8-18)35-26-28(39)37-21(14-33-26)11-12-23(37)27(38)34-15-22-13-19-16-36(17-24(19)42-22)29(40)41-31(4,5)6/h7-10,13-14,23,25H,11-12,15-17H2,1-6H3,(H,33,35)(H,34,38)/t23-,25-/m0/s1. The van der Waals surface area contributed by atoms with Gasteiger partial charge in [-0.2, -0.15) is 0 Å². The van der Waals surface area contributed by atoms with E-state index in [4.69, 9.17) is 4.74 Å². The third kappa shape index (κ3) is 6.35. The number of thiophene rings is 1. The van der Waals surface area contributed by atoms with Gasteiger partial charge in [0.15, 0.2) is 5.82 Å². The van der Waals surface area contributed by atoms with Crippen molar-refractivity contribution in [1.29, 1.82) is 0 Å². The molecule has 2 aromatic heterocycles. The fourth-order valence-electron chi connectivity index (χ4n) is 5.45. The fourth-order valence-corrected chi connectivity index (χ4v) is 6.58. The molecule has 4 heterocycles. The number of rotatable bonds is 6. The third-order valence-electron chi connectivity index (χ3n) is 7.44. The van der Waals surface area contributed by atoms with Gasteiger partial charge < -0.3 is 15.4 Å². The number of nitrogens with zero attached hydrogens (tertiary/aromatic N) is 3. The zero-order valence-corrected chi connectivity index (χ0v) is 25.7. The molecular weight excluding hydrogens is 557 g/mol. The maximum Gasteiger partial charge on any atom is 0.410 e. The van der Waals surface area contributed by atoms with E-state index in [1.807, 2.05) is 47.6 Å². The van der Waals surface area contributed by atoms with Gasteiger partial charge in [-0.25, -0.2) is 14.2 Å². The highest BCUT2D eigenvalue weighted by Crippen LogP contribution is 2.36. The predicted octanol–water partition coefficient (Wildman–Crippen LogP) is 5.70. The first-order valence-electron chi connectivity index (χ1n) is 14.2. The van der Waals surface area contributed by atoms with Gasteiger partial charge in [0.05, 0.1) is 25.7 Å². The number of carbonyl (C=O) groups is 2. The van der Waals surface area contributed by atoms with Crippen molar-refractivity contribution in [2.24, 2.45) is 5.41 Å². The highest BCUT2D eigenvalue weighted by Gasteiger charge is 2.34. The number of anilines is 1. The topological polar surface area (TPSA) is 106 Å². The van der Waals surface area contributed by atoms with Crippen LogP contribution >= 0.6 is 11.3 Å². The number of fused-ring (bicyclic) bond motifs is 2. The van der Waals surface area contributed by atoms with Crippen molar-refractivity contribution in [3.05, 3.63) is 79.3 Å². The Bertz CT molecular complexity index is 1530. The van der Waals surface area contributed by atoms with E-state index in [0.29, 0.717) is 32.5 Å². The maximum atomic E-state index is 13.6. The second-order valence-electron chi connectivity index (χ2n) is 13.0. The van der Waals surface area contributed by atoms with E-state index in [1.165, 1.54) is 12.1 Å². The van der Waals surface area contributed by atoms with E-state index in [-0.39, 0.29) is 40.7 Å². The summed E-state index contributed by atoms with van der Waals surface area (Å²) in [5.41, 5.74) is 1.41. The van der Waals surface area contributed by atoms with Crippen LogP contribution in [-0.4, -0.2) is 32.1 Å². The Labute approximate surface area is 249 Å². The van der Waals surface area contributed by atoms with Gasteiger partial charge in [-0.15, -0.1) is 11.3 Å². The quantitative estimate of drug-likeness (QED) is 0.379. The first-order valence-corrected chi connectivity index (χ1v) is 15.0. The highest BCUT2D eigenvalue weighted by atomic mass is 32.1. The number of hydrogen-bond acceptors (Lipinski definition) is 7. The van der Waals surface area contributed by atoms with Crippen molar-refractivity contribution < 1.29 is 18.7 Å². The Balaban J connectivity index is 1.26. The molecule has 2 aliphatic heterocycles. The summed E-state index contributed by atoms with van der Waals surface area (Å²) in [5, 5.41) is 6.29. The van der Waals surface area contributed by atoms with Crippen molar-refractivity contribution in [2.75, 3.05) is 5.32 Å². The Morgan fingerprint density at radius 3 is 2.50 bits per heavy atom. The molecule has 2 aliphatic rings. The van der Waals surface area contributed by atoms with Crippen molar-refractivity contribution in [1.82, 2.24) is 19.8 Å². The van der Waals surface area contributed by atoms with Crippen molar-refractivity contribution in [2.45, 2.75) is 91.7 Å². The molecule has 9 nitrogen and oxygen atoms in total. The van der Waals surface area contributed by atoms with Crippen LogP contribution in [0.1, 0.15) is 86.6 Å². The number of ether oxygens (including phenoxy) is 1. The lowest BCUT2D eigenvalue weighted by molar-refractivity contribution is -0.124. The zero-order chi connectivity index (χ0) is 30.4. The van der Waals surface area contributed by atoms with E-state index < -0.39 is 11.6 Å². The number of amides is 2. The van der Waals surface area contributed by atoms with Crippen molar-refractivity contribution >= 4 is 29.2 Å². The second kappa shape index (κ2) is 11.2.